The number of hydrogen-bond acceptors (Lipinski definition) is 5. The van der Waals surface area contributed by atoms with Crippen molar-refractivity contribution in [2.75, 3.05) is 0 Å². The maximum Gasteiger partial charge on any atom is 0.247 e. The highest BCUT2D eigenvalue weighted by atomic mass is 35.5. The highest BCUT2D eigenvalue weighted by Crippen LogP contribution is 2.20. The summed E-state index contributed by atoms with van der Waals surface area (Å²) < 4.78 is 32.6. The van der Waals surface area contributed by atoms with E-state index in [2.05, 4.69) is 14.9 Å². The molecule has 0 spiro atoms. The van der Waals surface area contributed by atoms with Crippen molar-refractivity contribution in [2.45, 2.75) is 24.8 Å². The summed E-state index contributed by atoms with van der Waals surface area (Å²) in [6, 6.07) is 13.7. The van der Waals surface area contributed by atoms with Gasteiger partial charge in [-0.3, -0.25) is 0 Å². The zero-order valence-corrected chi connectivity index (χ0v) is 15.0. The first kappa shape index (κ1) is 17.6. The molecular weight excluding hydrogens is 362 g/mol. The van der Waals surface area contributed by atoms with E-state index in [0.29, 0.717) is 16.5 Å². The lowest BCUT2D eigenvalue weighted by Crippen LogP contribution is -2.23. The van der Waals surface area contributed by atoms with E-state index in [1.54, 1.807) is 48.5 Å². The molecule has 0 aliphatic rings. The standard InChI is InChI=1S/C17H16ClN3O3S/c1-2-12-3-9-15(10-4-12)25(22,23)19-11-16-20-21-17(24-16)13-5-7-14(18)8-6-13/h3-10,19H,2,11H2,1H3. The second-order valence-electron chi connectivity index (χ2n) is 5.33. The van der Waals surface area contributed by atoms with E-state index in [4.69, 9.17) is 16.0 Å². The molecule has 0 bridgehead atoms. The Bertz CT molecular complexity index is 952. The van der Waals surface area contributed by atoms with Gasteiger partial charge in [-0.05, 0) is 48.4 Å². The molecule has 0 saturated heterocycles. The fraction of sp³-hybridized carbons (Fsp3) is 0.176. The second-order valence-corrected chi connectivity index (χ2v) is 7.53. The first-order valence-corrected chi connectivity index (χ1v) is 9.51. The molecule has 1 N–H and O–H groups in total. The molecule has 1 aromatic heterocycles. The lowest BCUT2D eigenvalue weighted by atomic mass is 10.2. The number of nitrogens with zero attached hydrogens (tertiary/aromatic N) is 2. The van der Waals surface area contributed by atoms with Crippen molar-refractivity contribution in [3.05, 3.63) is 65.0 Å². The Hall–Kier alpha value is -2.22. The number of rotatable bonds is 6. The molecule has 6 nitrogen and oxygen atoms in total. The molecule has 0 radical (unpaired) electrons. The summed E-state index contributed by atoms with van der Waals surface area (Å²) in [6.07, 6.45) is 0.850. The highest BCUT2D eigenvalue weighted by molar-refractivity contribution is 7.89. The van der Waals surface area contributed by atoms with Gasteiger partial charge >= 0.3 is 0 Å². The van der Waals surface area contributed by atoms with Crippen LogP contribution in [0.1, 0.15) is 18.4 Å². The van der Waals surface area contributed by atoms with Crippen LogP contribution in [0, 0.1) is 0 Å². The fourth-order valence-corrected chi connectivity index (χ4v) is 3.28. The van der Waals surface area contributed by atoms with E-state index in [1.807, 2.05) is 6.92 Å². The summed E-state index contributed by atoms with van der Waals surface area (Å²) >= 11 is 5.84. The molecule has 130 valence electrons. The van der Waals surface area contributed by atoms with Crippen LogP contribution in [0.5, 0.6) is 0 Å². The van der Waals surface area contributed by atoms with Crippen LogP contribution in [0.4, 0.5) is 0 Å². The number of benzene rings is 2. The molecule has 0 unspecified atom stereocenters. The minimum absolute atomic E-state index is 0.0849. The Morgan fingerprint density at radius 3 is 2.36 bits per heavy atom. The molecule has 8 heteroatoms. The van der Waals surface area contributed by atoms with E-state index in [1.165, 1.54) is 0 Å². The van der Waals surface area contributed by atoms with Gasteiger partial charge in [0.1, 0.15) is 0 Å². The molecule has 0 atom stereocenters. The molecule has 0 saturated carbocycles. The van der Waals surface area contributed by atoms with Crippen molar-refractivity contribution in [1.29, 1.82) is 0 Å². The molecule has 0 aliphatic carbocycles. The Morgan fingerprint density at radius 1 is 1.04 bits per heavy atom. The molecule has 0 aliphatic heterocycles. The summed E-state index contributed by atoms with van der Waals surface area (Å²) in [6.45, 7) is 1.92. The van der Waals surface area contributed by atoms with Crippen LogP contribution in [0.15, 0.2) is 57.8 Å². The van der Waals surface area contributed by atoms with Gasteiger partial charge < -0.3 is 4.42 Å². The SMILES string of the molecule is CCc1ccc(S(=O)(=O)NCc2nnc(-c3ccc(Cl)cc3)o2)cc1. The average molecular weight is 378 g/mol. The highest BCUT2D eigenvalue weighted by Gasteiger charge is 2.16. The summed E-state index contributed by atoms with van der Waals surface area (Å²) in [5.41, 5.74) is 1.78. The van der Waals surface area contributed by atoms with Gasteiger partial charge in [-0.25, -0.2) is 13.1 Å². The molecule has 3 rings (SSSR count). The molecule has 0 fully saturated rings. The van der Waals surface area contributed by atoms with Gasteiger partial charge in [-0.1, -0.05) is 30.7 Å². The normalized spacial score (nSPS) is 11.6. The maximum atomic E-state index is 12.3. The molecule has 3 aromatic rings. The predicted octanol–water partition coefficient (Wildman–Crippen LogP) is 3.43. The van der Waals surface area contributed by atoms with Gasteiger partial charge in [0, 0.05) is 10.6 Å². The van der Waals surface area contributed by atoms with Gasteiger partial charge in [0.05, 0.1) is 11.4 Å². The molecular formula is C17H16ClN3O3S. The number of sulfonamides is 1. The lowest BCUT2D eigenvalue weighted by Gasteiger charge is -2.05. The number of halogens is 1. The van der Waals surface area contributed by atoms with Crippen LogP contribution < -0.4 is 4.72 Å². The van der Waals surface area contributed by atoms with E-state index in [9.17, 15) is 8.42 Å². The number of nitrogens with one attached hydrogen (secondary N) is 1. The minimum atomic E-state index is -3.64. The van der Waals surface area contributed by atoms with Gasteiger partial charge in [0.2, 0.25) is 21.8 Å². The monoisotopic (exact) mass is 377 g/mol. The largest absolute Gasteiger partial charge is 0.419 e. The van der Waals surface area contributed by atoms with Crippen LogP contribution >= 0.6 is 11.6 Å². The second kappa shape index (κ2) is 7.35. The first-order chi connectivity index (χ1) is 12.0. The molecule has 2 aromatic carbocycles. The number of hydrogen-bond donors (Lipinski definition) is 1. The zero-order chi connectivity index (χ0) is 17.9. The topological polar surface area (TPSA) is 85.1 Å². The minimum Gasteiger partial charge on any atom is -0.419 e. The summed E-state index contributed by atoms with van der Waals surface area (Å²) in [4.78, 5) is 0.196. The van der Waals surface area contributed by atoms with Crippen LogP contribution in [0.25, 0.3) is 11.5 Å². The Morgan fingerprint density at radius 2 is 1.72 bits per heavy atom. The van der Waals surface area contributed by atoms with Crippen LogP contribution in [0.2, 0.25) is 5.02 Å². The fourth-order valence-electron chi connectivity index (χ4n) is 2.18. The summed E-state index contributed by atoms with van der Waals surface area (Å²) in [5, 5.41) is 8.38. The van der Waals surface area contributed by atoms with Crippen molar-refractivity contribution < 1.29 is 12.8 Å². The molecule has 1 heterocycles. The predicted molar refractivity (Wildman–Crippen MR) is 94.6 cm³/mol. The zero-order valence-electron chi connectivity index (χ0n) is 13.4. The van der Waals surface area contributed by atoms with E-state index < -0.39 is 10.0 Å². The molecule has 0 amide bonds. The van der Waals surface area contributed by atoms with Crippen LogP contribution in [0.3, 0.4) is 0 Å². The van der Waals surface area contributed by atoms with E-state index in [0.717, 1.165) is 12.0 Å². The van der Waals surface area contributed by atoms with Crippen LogP contribution in [-0.2, 0) is 23.0 Å². The van der Waals surface area contributed by atoms with Gasteiger partial charge in [0.25, 0.3) is 0 Å². The third kappa shape index (κ3) is 4.25. The Kier molecular flexibility index (Phi) is 5.17. The van der Waals surface area contributed by atoms with Crippen molar-refractivity contribution in [3.8, 4) is 11.5 Å². The third-order valence-corrected chi connectivity index (χ3v) is 5.28. The van der Waals surface area contributed by atoms with Gasteiger partial charge in [-0.15, -0.1) is 10.2 Å². The summed E-state index contributed by atoms with van der Waals surface area (Å²) in [7, 11) is -3.64. The van der Waals surface area contributed by atoms with Crippen molar-refractivity contribution in [3.63, 3.8) is 0 Å². The summed E-state index contributed by atoms with van der Waals surface area (Å²) in [5.74, 6) is 0.483. The number of aromatic nitrogens is 2. The van der Waals surface area contributed by atoms with Gasteiger partial charge in [0.15, 0.2) is 0 Å². The van der Waals surface area contributed by atoms with Crippen molar-refractivity contribution in [1.82, 2.24) is 14.9 Å². The average Bonchev–Trinajstić information content (AvgIpc) is 3.10. The third-order valence-electron chi connectivity index (χ3n) is 3.61. The quantitative estimate of drug-likeness (QED) is 0.711. The van der Waals surface area contributed by atoms with Crippen LogP contribution in [-0.4, -0.2) is 18.6 Å². The van der Waals surface area contributed by atoms with E-state index >= 15 is 0 Å². The van der Waals surface area contributed by atoms with E-state index in [-0.39, 0.29) is 17.3 Å². The van der Waals surface area contributed by atoms with Gasteiger partial charge in [-0.2, -0.15) is 0 Å². The number of aryl methyl sites for hydroxylation is 1. The lowest BCUT2D eigenvalue weighted by molar-refractivity contribution is 0.494. The maximum absolute atomic E-state index is 12.3. The molecule has 25 heavy (non-hydrogen) atoms. The van der Waals surface area contributed by atoms with Crippen molar-refractivity contribution in [2.24, 2.45) is 0 Å². The Labute approximate surface area is 150 Å². The smallest absolute Gasteiger partial charge is 0.247 e. The van der Waals surface area contributed by atoms with Crippen molar-refractivity contribution >= 4 is 21.6 Å². The Balaban J connectivity index is 1.69. The first-order valence-electron chi connectivity index (χ1n) is 7.65.